The second-order valence-corrected chi connectivity index (χ2v) is 4.10. The van der Waals surface area contributed by atoms with Crippen LogP contribution in [0.4, 0.5) is 8.78 Å². The highest BCUT2D eigenvalue weighted by molar-refractivity contribution is 4.86. The lowest BCUT2D eigenvalue weighted by Gasteiger charge is -2.31. The quantitative estimate of drug-likeness (QED) is 0.694. The van der Waals surface area contributed by atoms with Gasteiger partial charge < -0.3 is 10.8 Å². The number of hydrogen-bond acceptors (Lipinski definition) is 3. The molecule has 0 aromatic rings. The smallest absolute Gasteiger partial charge is 0.251 e. The van der Waals surface area contributed by atoms with Gasteiger partial charge >= 0.3 is 0 Å². The molecule has 3 nitrogen and oxygen atoms in total. The highest BCUT2D eigenvalue weighted by atomic mass is 19.3. The molecule has 90 valence electrons. The Kier molecular flexibility index (Phi) is 5.42. The van der Waals surface area contributed by atoms with Crippen LogP contribution in [0.5, 0.6) is 0 Å². The molecule has 0 amide bonds. The maximum atomic E-state index is 12.3. The molecular formula is C10H20F2N2O. The zero-order chi connectivity index (χ0) is 11.3. The first-order chi connectivity index (χ1) is 7.19. The first-order valence-corrected chi connectivity index (χ1v) is 5.52. The van der Waals surface area contributed by atoms with E-state index in [9.17, 15) is 8.78 Å². The van der Waals surface area contributed by atoms with Crippen LogP contribution in [0.15, 0.2) is 0 Å². The Morgan fingerprint density at radius 2 is 2.13 bits per heavy atom. The van der Waals surface area contributed by atoms with Crippen LogP contribution >= 0.6 is 0 Å². The Balaban J connectivity index is 2.53. The summed E-state index contributed by atoms with van der Waals surface area (Å²) >= 11 is 0. The van der Waals surface area contributed by atoms with Crippen molar-refractivity contribution in [2.24, 2.45) is 11.7 Å². The molecule has 15 heavy (non-hydrogen) atoms. The monoisotopic (exact) mass is 222 g/mol. The standard InChI is InChI=1S/C10H20F2N2O/c11-10(12)7-14(4-5-15)9-3-1-2-8(9)6-13/h8-10,15H,1-7,13H2. The van der Waals surface area contributed by atoms with E-state index in [1.165, 1.54) is 0 Å². The number of aliphatic hydroxyl groups is 1. The minimum atomic E-state index is -2.34. The minimum absolute atomic E-state index is 0.0689. The Morgan fingerprint density at radius 3 is 2.67 bits per heavy atom. The van der Waals surface area contributed by atoms with Gasteiger partial charge in [-0.05, 0) is 25.3 Å². The lowest BCUT2D eigenvalue weighted by Crippen LogP contribution is -2.44. The molecule has 2 unspecified atom stereocenters. The van der Waals surface area contributed by atoms with E-state index in [0.29, 0.717) is 19.0 Å². The van der Waals surface area contributed by atoms with E-state index >= 15 is 0 Å². The molecule has 0 aliphatic heterocycles. The van der Waals surface area contributed by atoms with E-state index in [1.54, 1.807) is 4.90 Å². The number of nitrogens with zero attached hydrogens (tertiary/aromatic N) is 1. The lowest BCUT2D eigenvalue weighted by atomic mass is 10.0. The molecule has 0 radical (unpaired) electrons. The van der Waals surface area contributed by atoms with Crippen molar-refractivity contribution >= 4 is 0 Å². The van der Waals surface area contributed by atoms with E-state index in [2.05, 4.69) is 0 Å². The van der Waals surface area contributed by atoms with Crippen LogP contribution in [0.2, 0.25) is 0 Å². The summed E-state index contributed by atoms with van der Waals surface area (Å²) < 4.78 is 24.7. The largest absolute Gasteiger partial charge is 0.395 e. The number of hydrogen-bond donors (Lipinski definition) is 2. The van der Waals surface area contributed by atoms with Crippen LogP contribution in [0.1, 0.15) is 19.3 Å². The SMILES string of the molecule is NCC1CCCC1N(CCO)CC(F)F. The van der Waals surface area contributed by atoms with Gasteiger partial charge in [-0.1, -0.05) is 6.42 Å². The third-order valence-corrected chi connectivity index (χ3v) is 3.15. The number of rotatable bonds is 6. The van der Waals surface area contributed by atoms with Gasteiger partial charge in [0.25, 0.3) is 6.43 Å². The van der Waals surface area contributed by atoms with Crippen LogP contribution in [-0.4, -0.2) is 48.7 Å². The van der Waals surface area contributed by atoms with Crippen LogP contribution in [0, 0.1) is 5.92 Å². The molecular weight excluding hydrogens is 202 g/mol. The second-order valence-electron chi connectivity index (χ2n) is 4.10. The number of alkyl halides is 2. The van der Waals surface area contributed by atoms with Gasteiger partial charge in [-0.2, -0.15) is 0 Å². The first kappa shape index (κ1) is 12.8. The molecule has 2 atom stereocenters. The van der Waals surface area contributed by atoms with Gasteiger partial charge in [0.15, 0.2) is 0 Å². The Labute approximate surface area is 89.2 Å². The Morgan fingerprint density at radius 1 is 1.40 bits per heavy atom. The van der Waals surface area contributed by atoms with Crippen molar-refractivity contribution in [3.8, 4) is 0 Å². The molecule has 0 aromatic carbocycles. The summed E-state index contributed by atoms with van der Waals surface area (Å²) in [6, 6.07) is 0.135. The van der Waals surface area contributed by atoms with Crippen molar-refractivity contribution in [3.05, 3.63) is 0 Å². The second kappa shape index (κ2) is 6.35. The fourth-order valence-corrected chi connectivity index (χ4v) is 2.47. The normalized spacial score (nSPS) is 26.8. The van der Waals surface area contributed by atoms with E-state index in [1.807, 2.05) is 0 Å². The van der Waals surface area contributed by atoms with Crippen LogP contribution in [-0.2, 0) is 0 Å². The summed E-state index contributed by atoms with van der Waals surface area (Å²) in [4.78, 5) is 1.69. The van der Waals surface area contributed by atoms with Crippen LogP contribution in [0.3, 0.4) is 0 Å². The number of aliphatic hydroxyl groups excluding tert-OH is 1. The highest BCUT2D eigenvalue weighted by Gasteiger charge is 2.31. The van der Waals surface area contributed by atoms with Crippen molar-refractivity contribution in [2.45, 2.75) is 31.7 Å². The van der Waals surface area contributed by atoms with E-state index < -0.39 is 6.43 Å². The van der Waals surface area contributed by atoms with Crippen LogP contribution < -0.4 is 5.73 Å². The van der Waals surface area contributed by atoms with E-state index in [0.717, 1.165) is 19.3 Å². The third kappa shape index (κ3) is 3.66. The molecule has 0 aromatic heterocycles. The molecule has 1 saturated carbocycles. The van der Waals surface area contributed by atoms with Crippen molar-refractivity contribution in [1.82, 2.24) is 4.90 Å². The maximum Gasteiger partial charge on any atom is 0.251 e. The highest BCUT2D eigenvalue weighted by Crippen LogP contribution is 2.29. The summed E-state index contributed by atoms with van der Waals surface area (Å²) in [5.74, 6) is 0.315. The number of nitrogens with two attached hydrogens (primary N) is 1. The molecule has 1 aliphatic carbocycles. The topological polar surface area (TPSA) is 49.5 Å². The molecule has 0 heterocycles. The predicted molar refractivity (Wildman–Crippen MR) is 54.8 cm³/mol. The van der Waals surface area contributed by atoms with Gasteiger partial charge in [-0.15, -0.1) is 0 Å². The zero-order valence-electron chi connectivity index (χ0n) is 8.91. The van der Waals surface area contributed by atoms with E-state index in [-0.39, 0.29) is 19.2 Å². The molecule has 1 rings (SSSR count). The Bertz CT molecular complexity index is 181. The molecule has 1 fully saturated rings. The van der Waals surface area contributed by atoms with Gasteiger partial charge in [0, 0.05) is 12.6 Å². The Hall–Kier alpha value is -0.260. The average Bonchev–Trinajstić information content (AvgIpc) is 2.64. The summed E-state index contributed by atoms with van der Waals surface area (Å²) in [6.45, 7) is 0.559. The van der Waals surface area contributed by atoms with Gasteiger partial charge in [0.1, 0.15) is 0 Å². The molecule has 1 aliphatic rings. The molecule has 5 heteroatoms. The fraction of sp³-hybridized carbons (Fsp3) is 1.00. The van der Waals surface area contributed by atoms with E-state index in [4.69, 9.17) is 10.8 Å². The lowest BCUT2D eigenvalue weighted by molar-refractivity contribution is 0.0450. The molecule has 3 N–H and O–H groups in total. The van der Waals surface area contributed by atoms with Crippen molar-refractivity contribution in [1.29, 1.82) is 0 Å². The zero-order valence-corrected chi connectivity index (χ0v) is 8.91. The van der Waals surface area contributed by atoms with Crippen molar-refractivity contribution in [2.75, 3.05) is 26.2 Å². The predicted octanol–water partition coefficient (Wildman–Crippen LogP) is 0.673. The van der Waals surface area contributed by atoms with Gasteiger partial charge in [0.05, 0.1) is 13.2 Å². The number of halogens is 2. The maximum absolute atomic E-state index is 12.3. The summed E-state index contributed by atoms with van der Waals surface area (Å²) in [5.41, 5.74) is 5.61. The molecule has 0 saturated heterocycles. The minimum Gasteiger partial charge on any atom is -0.395 e. The van der Waals surface area contributed by atoms with Crippen LogP contribution in [0.25, 0.3) is 0 Å². The summed E-state index contributed by atoms with van der Waals surface area (Å²) in [6.07, 6.45) is 0.661. The van der Waals surface area contributed by atoms with Crippen molar-refractivity contribution in [3.63, 3.8) is 0 Å². The van der Waals surface area contributed by atoms with Gasteiger partial charge in [-0.3, -0.25) is 4.90 Å². The summed E-state index contributed by atoms with van der Waals surface area (Å²) in [5, 5.41) is 8.85. The molecule has 0 bridgehead atoms. The molecule has 0 spiro atoms. The van der Waals surface area contributed by atoms with Gasteiger partial charge in [-0.25, -0.2) is 8.78 Å². The van der Waals surface area contributed by atoms with Gasteiger partial charge in [0.2, 0.25) is 0 Å². The first-order valence-electron chi connectivity index (χ1n) is 5.52. The summed E-state index contributed by atoms with van der Waals surface area (Å²) in [7, 11) is 0. The third-order valence-electron chi connectivity index (χ3n) is 3.15. The average molecular weight is 222 g/mol. The fourth-order valence-electron chi connectivity index (χ4n) is 2.47. The van der Waals surface area contributed by atoms with Crippen molar-refractivity contribution < 1.29 is 13.9 Å².